The summed E-state index contributed by atoms with van der Waals surface area (Å²) < 4.78 is 4.93. The molecule has 1 aliphatic rings. The van der Waals surface area contributed by atoms with Crippen LogP contribution < -0.4 is 5.32 Å². The number of nitrogens with one attached hydrogen (secondary N) is 1. The average molecular weight is 238 g/mol. The smallest absolute Gasteiger partial charge is 0.371 e. The van der Waals surface area contributed by atoms with Crippen molar-refractivity contribution in [2.24, 2.45) is 0 Å². The molecule has 7 heteroatoms. The molecule has 1 saturated heterocycles. The van der Waals surface area contributed by atoms with E-state index in [0.29, 0.717) is 0 Å². The Morgan fingerprint density at radius 2 is 2.24 bits per heavy atom. The highest BCUT2D eigenvalue weighted by Gasteiger charge is 2.36. The van der Waals surface area contributed by atoms with Crippen LogP contribution in [0.1, 0.15) is 17.0 Å². The van der Waals surface area contributed by atoms with Crippen LogP contribution in [-0.2, 0) is 9.59 Å². The number of carbonyl (C=O) groups is 3. The van der Waals surface area contributed by atoms with Crippen molar-refractivity contribution >= 4 is 23.7 Å². The minimum absolute atomic E-state index is 0.0401. The number of amides is 2. The van der Waals surface area contributed by atoms with Gasteiger partial charge in [-0.25, -0.2) is 4.79 Å². The molecule has 2 amide bonds. The number of hydrogen-bond acceptors (Lipinski definition) is 5. The van der Waals surface area contributed by atoms with Crippen molar-refractivity contribution in [1.82, 2.24) is 4.90 Å². The van der Waals surface area contributed by atoms with Gasteiger partial charge in [0, 0.05) is 13.1 Å². The van der Waals surface area contributed by atoms with Gasteiger partial charge >= 0.3 is 5.97 Å². The quantitative estimate of drug-likeness (QED) is 0.727. The zero-order valence-corrected chi connectivity index (χ0v) is 8.97. The van der Waals surface area contributed by atoms with Crippen molar-refractivity contribution in [3.63, 3.8) is 0 Å². The Hall–Kier alpha value is -2.31. The van der Waals surface area contributed by atoms with E-state index in [9.17, 15) is 14.4 Å². The lowest BCUT2D eigenvalue weighted by Gasteiger charge is -2.09. The number of carboxylic acids is 1. The Balaban J connectivity index is 2.09. The average Bonchev–Trinajstić information content (AvgIpc) is 2.82. The molecule has 17 heavy (non-hydrogen) atoms. The van der Waals surface area contributed by atoms with Gasteiger partial charge in [0.15, 0.2) is 5.88 Å². The summed E-state index contributed by atoms with van der Waals surface area (Å²) >= 11 is 0. The highest BCUT2D eigenvalue weighted by Crippen LogP contribution is 2.19. The van der Waals surface area contributed by atoms with Gasteiger partial charge in [-0.3, -0.25) is 14.5 Å². The number of carbonyl (C=O) groups excluding carboxylic acids is 2. The first-order valence-electron chi connectivity index (χ1n) is 4.89. The number of hydrogen-bond donors (Lipinski definition) is 2. The Labute approximate surface area is 96.0 Å². The second kappa shape index (κ2) is 3.93. The van der Waals surface area contributed by atoms with Gasteiger partial charge in [-0.05, 0) is 6.07 Å². The predicted molar refractivity (Wildman–Crippen MR) is 55.5 cm³/mol. The Bertz CT molecular complexity index is 493. The van der Waals surface area contributed by atoms with Crippen molar-refractivity contribution in [1.29, 1.82) is 0 Å². The van der Waals surface area contributed by atoms with E-state index in [2.05, 4.69) is 5.32 Å². The van der Waals surface area contributed by atoms with Crippen LogP contribution in [0.2, 0.25) is 0 Å². The van der Waals surface area contributed by atoms with Crippen molar-refractivity contribution in [3.05, 3.63) is 17.9 Å². The molecular formula is C10H10N2O5. The van der Waals surface area contributed by atoms with Crippen LogP contribution in [0.5, 0.6) is 0 Å². The summed E-state index contributed by atoms with van der Waals surface area (Å²) in [6.07, 6.45) is 0.0401. The molecule has 0 aromatic carbocycles. The molecule has 0 aliphatic carbocycles. The number of anilines is 1. The number of likely N-dealkylation sites (tertiary alicyclic amines) is 1. The molecule has 1 unspecified atom stereocenters. The molecule has 1 atom stereocenters. The van der Waals surface area contributed by atoms with E-state index in [0.717, 1.165) is 4.90 Å². The number of likely N-dealkylation sites (N-methyl/N-ethyl adjacent to an activating group) is 1. The van der Waals surface area contributed by atoms with Crippen molar-refractivity contribution in [2.75, 3.05) is 12.4 Å². The summed E-state index contributed by atoms with van der Waals surface area (Å²) in [5.74, 6) is -1.90. The molecule has 0 spiro atoms. The van der Waals surface area contributed by atoms with Gasteiger partial charge in [0.1, 0.15) is 6.04 Å². The number of imide groups is 1. The molecule has 0 saturated carbocycles. The fourth-order valence-corrected chi connectivity index (χ4v) is 1.57. The lowest BCUT2D eigenvalue weighted by molar-refractivity contribution is -0.136. The summed E-state index contributed by atoms with van der Waals surface area (Å²) in [5.41, 5.74) is 0. The molecule has 0 bridgehead atoms. The largest absolute Gasteiger partial charge is 0.475 e. The van der Waals surface area contributed by atoms with E-state index in [1.54, 1.807) is 0 Å². The maximum absolute atomic E-state index is 11.5. The number of rotatable bonds is 3. The van der Waals surface area contributed by atoms with E-state index in [4.69, 9.17) is 9.52 Å². The van der Waals surface area contributed by atoms with Gasteiger partial charge < -0.3 is 14.8 Å². The van der Waals surface area contributed by atoms with Crippen LogP contribution in [0, 0.1) is 0 Å². The lowest BCUT2D eigenvalue weighted by Crippen LogP contribution is -2.31. The second-order valence-corrected chi connectivity index (χ2v) is 3.66. The Morgan fingerprint density at radius 3 is 2.71 bits per heavy atom. The highest BCUT2D eigenvalue weighted by molar-refractivity contribution is 6.06. The molecule has 7 nitrogen and oxygen atoms in total. The number of furan rings is 1. The van der Waals surface area contributed by atoms with Crippen LogP contribution in [0.3, 0.4) is 0 Å². The van der Waals surface area contributed by atoms with Crippen LogP contribution in [0.25, 0.3) is 0 Å². The third-order valence-electron chi connectivity index (χ3n) is 2.51. The van der Waals surface area contributed by atoms with E-state index in [-0.39, 0.29) is 29.9 Å². The normalized spacial score (nSPS) is 19.8. The van der Waals surface area contributed by atoms with E-state index in [1.807, 2.05) is 0 Å². The van der Waals surface area contributed by atoms with Crippen LogP contribution in [-0.4, -0.2) is 40.9 Å². The monoisotopic (exact) mass is 238 g/mol. The minimum Gasteiger partial charge on any atom is -0.475 e. The standard InChI is InChI=1S/C10H10N2O5/c1-12-8(13)4-5(9(12)14)11-7-3-2-6(17-7)10(15)16/h2-3,5,11H,4H2,1H3,(H,15,16). The summed E-state index contributed by atoms with van der Waals surface area (Å²) in [6, 6.07) is 1.98. The summed E-state index contributed by atoms with van der Waals surface area (Å²) in [6.45, 7) is 0. The van der Waals surface area contributed by atoms with Crippen molar-refractivity contribution in [3.8, 4) is 0 Å². The van der Waals surface area contributed by atoms with Gasteiger partial charge in [-0.15, -0.1) is 0 Å². The van der Waals surface area contributed by atoms with Crippen LogP contribution in [0.15, 0.2) is 16.5 Å². The molecule has 90 valence electrons. The molecule has 1 fully saturated rings. The maximum atomic E-state index is 11.5. The summed E-state index contributed by atoms with van der Waals surface area (Å²) in [4.78, 5) is 34.4. The zero-order chi connectivity index (χ0) is 12.6. The number of nitrogens with zero attached hydrogens (tertiary/aromatic N) is 1. The molecule has 2 rings (SSSR count). The van der Waals surface area contributed by atoms with Crippen LogP contribution in [0.4, 0.5) is 5.88 Å². The topological polar surface area (TPSA) is 99.8 Å². The third kappa shape index (κ3) is 1.99. The molecule has 0 radical (unpaired) electrons. The first kappa shape index (κ1) is 11.2. The minimum atomic E-state index is -1.19. The third-order valence-corrected chi connectivity index (χ3v) is 2.51. The molecule has 1 aromatic rings. The second-order valence-electron chi connectivity index (χ2n) is 3.66. The van der Waals surface area contributed by atoms with Gasteiger partial charge in [-0.1, -0.05) is 0 Å². The van der Waals surface area contributed by atoms with Gasteiger partial charge in [0.25, 0.3) is 5.91 Å². The maximum Gasteiger partial charge on any atom is 0.371 e. The number of aromatic carboxylic acids is 1. The summed E-state index contributed by atoms with van der Waals surface area (Å²) in [7, 11) is 1.40. The Kier molecular flexibility index (Phi) is 2.58. The van der Waals surface area contributed by atoms with Crippen LogP contribution >= 0.6 is 0 Å². The van der Waals surface area contributed by atoms with Crippen molar-refractivity contribution < 1.29 is 23.9 Å². The Morgan fingerprint density at radius 1 is 1.53 bits per heavy atom. The molecule has 1 aromatic heterocycles. The van der Waals surface area contributed by atoms with E-state index >= 15 is 0 Å². The lowest BCUT2D eigenvalue weighted by atomic mass is 10.2. The fourth-order valence-electron chi connectivity index (χ4n) is 1.57. The first-order chi connectivity index (χ1) is 7.99. The predicted octanol–water partition coefficient (Wildman–Crippen LogP) is 0.147. The molecule has 1 aliphatic heterocycles. The molecule has 2 N–H and O–H groups in total. The summed E-state index contributed by atoms with van der Waals surface area (Å²) in [5, 5.41) is 11.3. The fraction of sp³-hybridized carbons (Fsp3) is 0.300. The zero-order valence-electron chi connectivity index (χ0n) is 8.97. The van der Waals surface area contributed by atoms with Gasteiger partial charge in [0.2, 0.25) is 11.7 Å². The first-order valence-corrected chi connectivity index (χ1v) is 4.89. The SMILES string of the molecule is CN1C(=O)CC(Nc2ccc(C(=O)O)o2)C1=O. The number of carboxylic acid groups (broad SMARTS) is 1. The van der Waals surface area contributed by atoms with Gasteiger partial charge in [-0.2, -0.15) is 0 Å². The van der Waals surface area contributed by atoms with Gasteiger partial charge in [0.05, 0.1) is 6.42 Å². The highest BCUT2D eigenvalue weighted by atomic mass is 16.4. The molecular weight excluding hydrogens is 228 g/mol. The van der Waals surface area contributed by atoms with Crippen molar-refractivity contribution in [2.45, 2.75) is 12.5 Å². The van der Waals surface area contributed by atoms with E-state index < -0.39 is 12.0 Å². The molecule has 2 heterocycles. The van der Waals surface area contributed by atoms with E-state index in [1.165, 1.54) is 19.2 Å².